The number of nitrogens with zero attached hydrogens (tertiary/aromatic N) is 6. The number of carbonyl (C=O) groups excluding carboxylic acids is 1. The highest BCUT2D eigenvalue weighted by Gasteiger charge is 2.47. The molecule has 9 nitrogen and oxygen atoms in total. The number of nitrogens with one attached hydrogen (secondary N) is 1. The Labute approximate surface area is 237 Å². The summed E-state index contributed by atoms with van der Waals surface area (Å²) < 4.78 is 7.42. The summed E-state index contributed by atoms with van der Waals surface area (Å²) >= 11 is 6.25. The molecule has 0 bridgehead atoms. The molecule has 5 heterocycles. The average molecular weight is 556 g/mol. The minimum absolute atomic E-state index is 0.217. The van der Waals surface area contributed by atoms with E-state index in [1.165, 1.54) is 0 Å². The molecule has 0 aromatic carbocycles. The standard InChI is InChI=1S/C30H30ClN7O2/c1-4-40-23-9-24(28-22(12-32)14-34-38(28)17-23)19-6-8-26(33-13-19)37-15-20-10-30(3,11-21(20)16-37)36-29(39)27-25(31)7-5-18(2)35-27/h5-9,13-14,17,20-21H,4,10-11,15-16H2,1-3H3,(H,36,39)/t20-,21+,30?. The van der Waals surface area contributed by atoms with Crippen LogP contribution in [0, 0.1) is 30.1 Å². The van der Waals surface area contributed by atoms with Crippen LogP contribution in [-0.2, 0) is 0 Å². The number of aromatic nitrogens is 4. The number of anilines is 1. The number of hydrogen-bond donors (Lipinski definition) is 1. The van der Waals surface area contributed by atoms with Gasteiger partial charge in [0.1, 0.15) is 23.3 Å². The molecule has 2 fully saturated rings. The molecule has 1 saturated carbocycles. The van der Waals surface area contributed by atoms with Gasteiger partial charge in [-0.1, -0.05) is 11.6 Å². The van der Waals surface area contributed by atoms with Crippen molar-refractivity contribution in [1.82, 2.24) is 24.9 Å². The number of rotatable bonds is 6. The molecule has 0 spiro atoms. The van der Waals surface area contributed by atoms with Crippen LogP contribution in [0.3, 0.4) is 0 Å². The number of hydrogen-bond acceptors (Lipinski definition) is 7. The zero-order chi connectivity index (χ0) is 28.0. The van der Waals surface area contributed by atoms with Gasteiger partial charge in [-0.05, 0) is 75.8 Å². The lowest BCUT2D eigenvalue weighted by atomic mass is 9.97. The lowest BCUT2D eigenvalue weighted by Gasteiger charge is -2.29. The van der Waals surface area contributed by atoms with Gasteiger partial charge in [0.15, 0.2) is 0 Å². The molecule has 2 aliphatic rings. The van der Waals surface area contributed by atoms with E-state index < -0.39 is 0 Å². The van der Waals surface area contributed by atoms with Gasteiger partial charge in [-0.3, -0.25) is 4.79 Å². The maximum Gasteiger partial charge on any atom is 0.271 e. The Morgan fingerprint density at radius 3 is 2.67 bits per heavy atom. The third-order valence-electron chi connectivity index (χ3n) is 8.02. The zero-order valence-corrected chi connectivity index (χ0v) is 23.4. The fourth-order valence-electron chi connectivity index (χ4n) is 6.34. The van der Waals surface area contributed by atoms with Crippen molar-refractivity contribution in [2.75, 3.05) is 24.6 Å². The van der Waals surface area contributed by atoms with Crippen LogP contribution >= 0.6 is 11.6 Å². The summed E-state index contributed by atoms with van der Waals surface area (Å²) in [4.78, 5) is 24.5. The van der Waals surface area contributed by atoms with Gasteiger partial charge in [0, 0.05) is 41.6 Å². The summed E-state index contributed by atoms with van der Waals surface area (Å²) in [6.07, 6.45) is 6.99. The van der Waals surface area contributed by atoms with Crippen LogP contribution in [0.1, 0.15) is 48.4 Å². The van der Waals surface area contributed by atoms with Crippen molar-refractivity contribution >= 4 is 28.8 Å². The lowest BCUT2D eigenvalue weighted by Crippen LogP contribution is -2.45. The Hall–Kier alpha value is -4.16. The Bertz CT molecular complexity index is 1630. The summed E-state index contributed by atoms with van der Waals surface area (Å²) in [6.45, 7) is 8.21. The van der Waals surface area contributed by atoms with Crippen LogP contribution < -0.4 is 15.0 Å². The predicted octanol–water partition coefficient (Wildman–Crippen LogP) is 5.06. The Morgan fingerprint density at radius 2 is 2.00 bits per heavy atom. The maximum atomic E-state index is 13.0. The summed E-state index contributed by atoms with van der Waals surface area (Å²) in [5.74, 6) is 2.31. The van der Waals surface area contributed by atoms with Gasteiger partial charge in [-0.2, -0.15) is 10.4 Å². The zero-order valence-electron chi connectivity index (χ0n) is 22.7. The van der Waals surface area contributed by atoms with Crippen LogP contribution in [0.5, 0.6) is 5.75 Å². The second kappa shape index (κ2) is 10.1. The highest BCUT2D eigenvalue weighted by molar-refractivity contribution is 6.33. The molecule has 6 rings (SSSR count). The molecule has 1 unspecified atom stereocenters. The van der Waals surface area contributed by atoms with Crippen LogP contribution in [-0.4, -0.2) is 50.7 Å². The van der Waals surface area contributed by atoms with Gasteiger partial charge in [-0.25, -0.2) is 14.5 Å². The molecule has 204 valence electrons. The van der Waals surface area contributed by atoms with E-state index in [2.05, 4.69) is 33.3 Å². The monoisotopic (exact) mass is 555 g/mol. The molecule has 3 atom stereocenters. The SMILES string of the molecule is CCOc1cc(-c2ccc(N3C[C@@H]4CC(C)(NC(=O)c5nc(C)ccc5Cl)C[C@@H]4C3)nc2)c2c(C#N)cnn2c1. The molecule has 1 amide bonds. The van der Waals surface area contributed by atoms with E-state index in [0.29, 0.717) is 34.8 Å². The quantitative estimate of drug-likeness (QED) is 0.354. The largest absolute Gasteiger partial charge is 0.492 e. The molecule has 1 aliphatic heterocycles. The summed E-state index contributed by atoms with van der Waals surface area (Å²) in [5, 5.41) is 17.5. The van der Waals surface area contributed by atoms with Crippen molar-refractivity contribution in [2.45, 2.75) is 39.2 Å². The summed E-state index contributed by atoms with van der Waals surface area (Å²) in [6, 6.07) is 11.8. The van der Waals surface area contributed by atoms with E-state index >= 15 is 0 Å². The predicted molar refractivity (Wildman–Crippen MR) is 153 cm³/mol. The second-order valence-electron chi connectivity index (χ2n) is 11.0. The van der Waals surface area contributed by atoms with Crippen molar-refractivity contribution in [3.63, 3.8) is 0 Å². The molecule has 1 N–H and O–H groups in total. The molecular formula is C30H30ClN7O2. The Balaban J connectivity index is 1.16. The lowest BCUT2D eigenvalue weighted by molar-refractivity contribution is 0.0899. The van der Waals surface area contributed by atoms with Gasteiger partial charge < -0.3 is 15.0 Å². The molecular weight excluding hydrogens is 526 g/mol. The normalized spacial score (nSPS) is 21.8. The van der Waals surface area contributed by atoms with Crippen LogP contribution in [0.15, 0.2) is 48.9 Å². The van der Waals surface area contributed by atoms with Crippen molar-refractivity contribution in [3.8, 4) is 22.9 Å². The second-order valence-corrected chi connectivity index (χ2v) is 11.4. The number of aryl methyl sites for hydroxylation is 1. The van der Waals surface area contributed by atoms with Gasteiger partial charge in [0.05, 0.1) is 35.1 Å². The summed E-state index contributed by atoms with van der Waals surface area (Å²) in [5.41, 5.74) is 3.74. The third kappa shape index (κ3) is 4.73. The van der Waals surface area contributed by atoms with Crippen LogP contribution in [0.4, 0.5) is 5.82 Å². The van der Waals surface area contributed by atoms with Gasteiger partial charge in [0.25, 0.3) is 5.91 Å². The van der Waals surface area contributed by atoms with Gasteiger partial charge in [-0.15, -0.1) is 0 Å². The smallest absolute Gasteiger partial charge is 0.271 e. The molecule has 1 saturated heterocycles. The first-order chi connectivity index (χ1) is 19.3. The molecule has 4 aromatic rings. The number of halogens is 1. The van der Waals surface area contributed by atoms with Gasteiger partial charge in [0.2, 0.25) is 0 Å². The molecule has 4 aromatic heterocycles. The average Bonchev–Trinajstić information content (AvgIpc) is 3.61. The highest BCUT2D eigenvalue weighted by Crippen LogP contribution is 2.45. The van der Waals surface area contributed by atoms with Crippen LogP contribution in [0.25, 0.3) is 16.6 Å². The first kappa shape index (κ1) is 26.1. The fourth-order valence-corrected chi connectivity index (χ4v) is 6.53. The van der Waals surface area contributed by atoms with E-state index in [4.69, 9.17) is 21.3 Å². The third-order valence-corrected chi connectivity index (χ3v) is 8.32. The van der Waals surface area contributed by atoms with Gasteiger partial charge >= 0.3 is 0 Å². The highest BCUT2D eigenvalue weighted by atomic mass is 35.5. The van der Waals surface area contributed by atoms with E-state index in [1.807, 2.05) is 38.2 Å². The van der Waals surface area contributed by atoms with E-state index in [9.17, 15) is 10.1 Å². The van der Waals surface area contributed by atoms with E-state index in [-0.39, 0.29) is 17.1 Å². The molecule has 0 radical (unpaired) electrons. The Kier molecular flexibility index (Phi) is 6.59. The van der Waals surface area contributed by atoms with Crippen molar-refractivity contribution in [1.29, 1.82) is 5.26 Å². The van der Waals surface area contributed by atoms with Crippen molar-refractivity contribution < 1.29 is 9.53 Å². The minimum Gasteiger partial charge on any atom is -0.492 e. The number of ether oxygens (including phenoxy) is 1. The number of amides is 1. The number of nitriles is 1. The fraction of sp³-hybridized carbons (Fsp3) is 0.367. The maximum absolute atomic E-state index is 13.0. The first-order valence-corrected chi connectivity index (χ1v) is 13.9. The number of carbonyl (C=O) groups is 1. The molecule has 10 heteroatoms. The van der Waals surface area contributed by atoms with E-state index in [1.54, 1.807) is 29.0 Å². The van der Waals surface area contributed by atoms with Crippen LogP contribution in [0.2, 0.25) is 5.02 Å². The summed E-state index contributed by atoms with van der Waals surface area (Å²) in [7, 11) is 0. The topological polar surface area (TPSA) is 108 Å². The number of pyridine rings is 3. The molecule has 1 aliphatic carbocycles. The minimum atomic E-state index is -0.300. The Morgan fingerprint density at radius 1 is 1.23 bits per heavy atom. The van der Waals surface area contributed by atoms with Crippen molar-refractivity contribution in [3.05, 3.63) is 70.9 Å². The molecule has 40 heavy (non-hydrogen) atoms. The number of fused-ring (bicyclic) bond motifs is 2. The van der Waals surface area contributed by atoms with Crippen molar-refractivity contribution in [2.24, 2.45) is 11.8 Å². The first-order valence-electron chi connectivity index (χ1n) is 13.5. The van der Waals surface area contributed by atoms with E-state index in [0.717, 1.165) is 54.1 Å².